The van der Waals surface area contributed by atoms with Crippen LogP contribution in [-0.4, -0.2) is 39.6 Å². The summed E-state index contributed by atoms with van der Waals surface area (Å²) in [5.74, 6) is 0.841. The molecule has 9 heteroatoms. The zero-order chi connectivity index (χ0) is 17.3. The quantitative estimate of drug-likeness (QED) is 0.618. The van der Waals surface area contributed by atoms with Crippen molar-refractivity contribution in [3.63, 3.8) is 0 Å². The molecule has 0 spiro atoms. The predicted octanol–water partition coefficient (Wildman–Crippen LogP) is 2.46. The molecular formula is C15H19N5O3S. The molecule has 1 aliphatic heterocycles. The summed E-state index contributed by atoms with van der Waals surface area (Å²) in [4.78, 5) is 27.3. The minimum absolute atomic E-state index is 0.0398. The molecule has 0 fully saturated rings. The smallest absolute Gasteiger partial charge is 0.372 e. The van der Waals surface area contributed by atoms with Crippen LogP contribution in [0.4, 0.5) is 11.5 Å². The first-order chi connectivity index (χ1) is 11.5. The van der Waals surface area contributed by atoms with Gasteiger partial charge in [-0.15, -0.1) is 11.3 Å². The standard InChI is InChI=1S/C15H19N5O3S/c1-4-23-15-13(20(21)22)14(16-9(2)17-15)19-7-5-11-12(6-8-19)24-10(3)18-11/h4-8H2,1-3H3. The molecule has 128 valence electrons. The molecule has 0 bridgehead atoms. The lowest BCUT2D eigenvalue weighted by Gasteiger charge is -2.21. The van der Waals surface area contributed by atoms with Gasteiger partial charge >= 0.3 is 5.69 Å². The molecular weight excluding hydrogens is 330 g/mol. The normalized spacial score (nSPS) is 14.2. The van der Waals surface area contributed by atoms with Crippen molar-refractivity contribution in [3.05, 3.63) is 31.5 Å². The number of nitro groups is 1. The number of aromatic nitrogens is 3. The van der Waals surface area contributed by atoms with Crippen LogP contribution in [-0.2, 0) is 12.8 Å². The van der Waals surface area contributed by atoms with Gasteiger partial charge in [-0.1, -0.05) is 0 Å². The van der Waals surface area contributed by atoms with Crippen molar-refractivity contribution in [2.45, 2.75) is 33.6 Å². The topological polar surface area (TPSA) is 94.3 Å². The van der Waals surface area contributed by atoms with E-state index in [1.807, 2.05) is 11.8 Å². The number of hydrogen-bond donors (Lipinski definition) is 0. The van der Waals surface area contributed by atoms with Crippen molar-refractivity contribution in [2.75, 3.05) is 24.6 Å². The molecule has 0 atom stereocenters. The largest absolute Gasteiger partial charge is 0.473 e. The number of thiazole rings is 1. The summed E-state index contributed by atoms with van der Waals surface area (Å²) in [7, 11) is 0. The van der Waals surface area contributed by atoms with Gasteiger partial charge in [0.15, 0.2) is 0 Å². The Balaban J connectivity index is 1.97. The summed E-state index contributed by atoms with van der Waals surface area (Å²) in [6, 6.07) is 0. The summed E-state index contributed by atoms with van der Waals surface area (Å²) in [6.07, 6.45) is 1.56. The zero-order valence-electron chi connectivity index (χ0n) is 13.9. The number of fused-ring (bicyclic) bond motifs is 1. The molecule has 0 aromatic carbocycles. The van der Waals surface area contributed by atoms with E-state index in [-0.39, 0.29) is 11.6 Å². The Morgan fingerprint density at radius 2 is 2.00 bits per heavy atom. The van der Waals surface area contributed by atoms with Crippen LogP contribution in [0, 0.1) is 24.0 Å². The fourth-order valence-corrected chi connectivity index (χ4v) is 3.82. The van der Waals surface area contributed by atoms with Crippen molar-refractivity contribution in [2.24, 2.45) is 0 Å². The molecule has 0 saturated carbocycles. The molecule has 0 amide bonds. The van der Waals surface area contributed by atoms with E-state index < -0.39 is 4.92 Å². The zero-order valence-corrected chi connectivity index (χ0v) is 14.7. The number of ether oxygens (including phenoxy) is 1. The van der Waals surface area contributed by atoms with Gasteiger partial charge in [-0.2, -0.15) is 4.98 Å². The maximum Gasteiger partial charge on any atom is 0.372 e. The molecule has 3 heterocycles. The lowest BCUT2D eigenvalue weighted by atomic mass is 10.2. The van der Waals surface area contributed by atoms with Gasteiger partial charge < -0.3 is 9.64 Å². The minimum Gasteiger partial charge on any atom is -0.473 e. The first-order valence-electron chi connectivity index (χ1n) is 7.85. The van der Waals surface area contributed by atoms with Crippen LogP contribution in [0.2, 0.25) is 0 Å². The molecule has 0 radical (unpaired) electrons. The molecule has 8 nitrogen and oxygen atoms in total. The molecule has 0 unspecified atom stereocenters. The van der Waals surface area contributed by atoms with Crippen molar-refractivity contribution in [1.82, 2.24) is 15.0 Å². The molecule has 2 aromatic heterocycles. The second-order valence-corrected chi connectivity index (χ2v) is 6.82. The Labute approximate surface area is 143 Å². The lowest BCUT2D eigenvalue weighted by molar-refractivity contribution is -0.385. The number of aryl methyl sites for hydroxylation is 2. The third kappa shape index (κ3) is 3.16. The summed E-state index contributed by atoms with van der Waals surface area (Å²) in [5, 5.41) is 12.6. The fraction of sp³-hybridized carbons (Fsp3) is 0.533. The van der Waals surface area contributed by atoms with Gasteiger partial charge in [0, 0.05) is 30.8 Å². The molecule has 0 saturated heterocycles. The summed E-state index contributed by atoms with van der Waals surface area (Å²) in [5.41, 5.74) is 0.940. The Morgan fingerprint density at radius 3 is 2.71 bits per heavy atom. The van der Waals surface area contributed by atoms with Crippen molar-refractivity contribution in [1.29, 1.82) is 0 Å². The Morgan fingerprint density at radius 1 is 1.25 bits per heavy atom. The van der Waals surface area contributed by atoms with Gasteiger partial charge in [0.2, 0.25) is 5.82 Å². The highest BCUT2D eigenvalue weighted by molar-refractivity contribution is 7.11. The van der Waals surface area contributed by atoms with Gasteiger partial charge in [0.05, 0.1) is 22.2 Å². The van der Waals surface area contributed by atoms with Crippen molar-refractivity contribution < 1.29 is 9.66 Å². The molecule has 0 N–H and O–H groups in total. The number of hydrogen-bond acceptors (Lipinski definition) is 8. The third-order valence-corrected chi connectivity index (χ3v) is 4.89. The maximum absolute atomic E-state index is 11.6. The van der Waals surface area contributed by atoms with Crippen LogP contribution in [0.5, 0.6) is 5.88 Å². The number of nitrogens with zero attached hydrogens (tertiary/aromatic N) is 5. The van der Waals surface area contributed by atoms with Crippen molar-refractivity contribution >= 4 is 22.8 Å². The van der Waals surface area contributed by atoms with Gasteiger partial charge in [-0.25, -0.2) is 9.97 Å². The Bertz CT molecular complexity index is 751. The van der Waals surface area contributed by atoms with E-state index in [9.17, 15) is 10.1 Å². The second kappa shape index (κ2) is 6.68. The van der Waals surface area contributed by atoms with Crippen LogP contribution >= 0.6 is 11.3 Å². The van der Waals surface area contributed by atoms with Crippen molar-refractivity contribution in [3.8, 4) is 5.88 Å². The average molecular weight is 349 g/mol. The monoisotopic (exact) mass is 349 g/mol. The van der Waals surface area contributed by atoms with Crippen LogP contribution in [0.25, 0.3) is 0 Å². The number of anilines is 1. The summed E-state index contributed by atoms with van der Waals surface area (Å²) in [6.45, 7) is 7.12. The molecule has 0 aliphatic carbocycles. The third-order valence-electron chi connectivity index (χ3n) is 3.82. The molecule has 1 aliphatic rings. The van der Waals surface area contributed by atoms with Gasteiger partial charge in [-0.3, -0.25) is 10.1 Å². The molecule has 24 heavy (non-hydrogen) atoms. The Hall–Kier alpha value is -2.29. The minimum atomic E-state index is -0.456. The van der Waals surface area contributed by atoms with Gasteiger partial charge in [0.1, 0.15) is 5.82 Å². The van der Waals surface area contributed by atoms with E-state index in [0.29, 0.717) is 31.3 Å². The first kappa shape index (κ1) is 16.6. The van der Waals surface area contributed by atoms with Gasteiger partial charge in [-0.05, 0) is 20.8 Å². The maximum atomic E-state index is 11.6. The Kier molecular flexibility index (Phi) is 4.61. The van der Waals surface area contributed by atoms with E-state index >= 15 is 0 Å². The summed E-state index contributed by atoms with van der Waals surface area (Å²) < 4.78 is 5.37. The van der Waals surface area contributed by atoms with Crippen LogP contribution in [0.1, 0.15) is 28.3 Å². The molecule has 3 rings (SSSR count). The van der Waals surface area contributed by atoms with E-state index in [1.165, 1.54) is 4.88 Å². The second-order valence-electron chi connectivity index (χ2n) is 5.53. The number of rotatable bonds is 4. The highest BCUT2D eigenvalue weighted by Crippen LogP contribution is 2.35. The SMILES string of the molecule is CCOc1nc(C)nc(N2CCc3nc(C)sc3CC2)c1[N+](=O)[O-]. The van der Waals surface area contributed by atoms with Crippen LogP contribution in [0.15, 0.2) is 0 Å². The lowest BCUT2D eigenvalue weighted by Crippen LogP contribution is -2.28. The first-order valence-corrected chi connectivity index (χ1v) is 8.67. The van der Waals surface area contributed by atoms with Crippen LogP contribution < -0.4 is 9.64 Å². The highest BCUT2D eigenvalue weighted by atomic mass is 32.1. The van der Waals surface area contributed by atoms with E-state index in [1.54, 1.807) is 25.2 Å². The fourth-order valence-electron chi connectivity index (χ4n) is 2.85. The van der Waals surface area contributed by atoms with E-state index in [4.69, 9.17) is 4.74 Å². The van der Waals surface area contributed by atoms with Gasteiger partial charge in [0.25, 0.3) is 5.88 Å². The van der Waals surface area contributed by atoms with E-state index in [2.05, 4.69) is 15.0 Å². The highest BCUT2D eigenvalue weighted by Gasteiger charge is 2.30. The molecule has 2 aromatic rings. The summed E-state index contributed by atoms with van der Waals surface area (Å²) >= 11 is 1.70. The van der Waals surface area contributed by atoms with Crippen LogP contribution in [0.3, 0.4) is 0 Å². The predicted molar refractivity (Wildman–Crippen MR) is 91.1 cm³/mol. The van der Waals surface area contributed by atoms with E-state index in [0.717, 1.165) is 23.5 Å². The average Bonchev–Trinajstić information content (AvgIpc) is 2.75.